The average molecular weight is 170 g/mol. The number of hydrogen-bond donors (Lipinski definition) is 0. The fraction of sp³-hybridized carbons (Fsp3) is 0.0909. The molecule has 2 aromatic rings. The first-order valence-electron chi connectivity index (χ1n) is 4.35. The minimum atomic E-state index is 0.984. The third-order valence-electron chi connectivity index (χ3n) is 2.28. The second kappa shape index (κ2) is 3.13. The van der Waals surface area contributed by atoms with Crippen molar-refractivity contribution in [1.82, 2.24) is 0 Å². The van der Waals surface area contributed by atoms with Crippen molar-refractivity contribution in [2.24, 2.45) is 0 Å². The van der Waals surface area contributed by atoms with Gasteiger partial charge in [-0.2, -0.15) is 0 Å². The molecule has 0 spiro atoms. The first-order chi connectivity index (χ1) is 6.33. The molecule has 2 rings (SSSR count). The van der Waals surface area contributed by atoms with Crippen molar-refractivity contribution in [2.75, 3.05) is 7.11 Å². The summed E-state index contributed by atoms with van der Waals surface area (Å²) in [6.07, 6.45) is 0. The number of rotatable bonds is 1. The van der Waals surface area contributed by atoms with Crippen molar-refractivity contribution in [3.8, 4) is 5.75 Å². The predicted molar refractivity (Wildman–Crippen MR) is 58.7 cm³/mol. The van der Waals surface area contributed by atoms with E-state index in [1.54, 1.807) is 7.11 Å². The van der Waals surface area contributed by atoms with Crippen LogP contribution in [0.1, 0.15) is 0 Å². The first-order valence-corrected chi connectivity index (χ1v) is 4.35. The fourth-order valence-corrected chi connectivity index (χ4v) is 1.62. The first kappa shape index (κ1) is 8.18. The van der Waals surface area contributed by atoms with E-state index in [1.165, 1.54) is 16.2 Å². The topological polar surface area (TPSA) is 9.23 Å². The van der Waals surface area contributed by atoms with Crippen LogP contribution in [0.25, 0.3) is 10.8 Å². The predicted octanol–water partition coefficient (Wildman–Crippen LogP) is 1.11. The van der Waals surface area contributed by atoms with Gasteiger partial charge in [0, 0.05) is 5.39 Å². The molecular formula is C11H11BO. The maximum Gasteiger partial charge on any atom is 0.144 e. The lowest BCUT2D eigenvalue weighted by Gasteiger charge is -2.08. The second-order valence-corrected chi connectivity index (χ2v) is 3.14. The molecule has 0 aromatic heterocycles. The third kappa shape index (κ3) is 1.28. The average Bonchev–Trinajstić information content (AvgIpc) is 2.18. The van der Waals surface area contributed by atoms with Gasteiger partial charge >= 0.3 is 0 Å². The smallest absolute Gasteiger partial charge is 0.144 e. The van der Waals surface area contributed by atoms with Crippen LogP contribution in [0.5, 0.6) is 5.75 Å². The summed E-state index contributed by atoms with van der Waals surface area (Å²) < 4.78 is 5.36. The zero-order valence-corrected chi connectivity index (χ0v) is 7.87. The SMILES string of the molecule is Bc1ccc2ccccc2c1OC. The highest BCUT2D eigenvalue weighted by Gasteiger charge is 2.02. The van der Waals surface area contributed by atoms with Crippen molar-refractivity contribution in [1.29, 1.82) is 0 Å². The number of benzene rings is 2. The molecule has 0 unspecified atom stereocenters. The summed E-state index contributed by atoms with van der Waals surface area (Å²) in [6.45, 7) is 0. The van der Waals surface area contributed by atoms with E-state index in [1.807, 2.05) is 12.1 Å². The maximum absolute atomic E-state index is 5.36. The highest BCUT2D eigenvalue weighted by atomic mass is 16.5. The molecule has 0 saturated heterocycles. The Kier molecular flexibility index (Phi) is 1.97. The van der Waals surface area contributed by atoms with Gasteiger partial charge in [0.1, 0.15) is 13.6 Å². The van der Waals surface area contributed by atoms with Crippen LogP contribution < -0.4 is 10.2 Å². The molecule has 0 heterocycles. The van der Waals surface area contributed by atoms with Crippen molar-refractivity contribution >= 4 is 24.1 Å². The Morgan fingerprint density at radius 2 is 1.85 bits per heavy atom. The molecule has 0 atom stereocenters. The second-order valence-electron chi connectivity index (χ2n) is 3.14. The normalized spacial score (nSPS) is 10.2. The van der Waals surface area contributed by atoms with Crippen LogP contribution in [0.15, 0.2) is 36.4 Å². The molecule has 0 aliphatic rings. The summed E-state index contributed by atoms with van der Waals surface area (Å²) >= 11 is 0. The van der Waals surface area contributed by atoms with Crippen LogP contribution in [0.4, 0.5) is 0 Å². The molecule has 0 saturated carbocycles. The lowest BCUT2D eigenvalue weighted by molar-refractivity contribution is 0.423. The van der Waals surface area contributed by atoms with Gasteiger partial charge in [-0.25, -0.2) is 0 Å². The molecule has 2 aromatic carbocycles. The van der Waals surface area contributed by atoms with Crippen LogP contribution in [0.3, 0.4) is 0 Å². The van der Waals surface area contributed by atoms with Crippen LogP contribution >= 0.6 is 0 Å². The molecule has 64 valence electrons. The molecule has 0 fully saturated rings. The van der Waals surface area contributed by atoms with E-state index in [9.17, 15) is 0 Å². The van der Waals surface area contributed by atoms with Crippen molar-refractivity contribution in [2.45, 2.75) is 0 Å². The number of methoxy groups -OCH3 is 1. The highest BCUT2D eigenvalue weighted by Crippen LogP contribution is 2.22. The summed E-state index contributed by atoms with van der Waals surface area (Å²) in [7, 11) is 3.78. The van der Waals surface area contributed by atoms with Crippen molar-refractivity contribution in [3.63, 3.8) is 0 Å². The largest absolute Gasteiger partial charge is 0.497 e. The summed E-state index contributed by atoms with van der Waals surface area (Å²) in [6, 6.07) is 12.5. The Morgan fingerprint density at radius 1 is 1.08 bits per heavy atom. The molecule has 0 aliphatic heterocycles. The van der Waals surface area contributed by atoms with Crippen LogP contribution in [0.2, 0.25) is 0 Å². The Balaban J connectivity index is 2.84. The molecule has 0 N–H and O–H groups in total. The number of hydrogen-bond acceptors (Lipinski definition) is 1. The standard InChI is InChI=1S/C11H11BO/c1-13-11-9-5-3-2-4-8(9)6-7-10(11)12/h2-7H,12H2,1H3. The zero-order chi connectivity index (χ0) is 9.26. The van der Waals surface area contributed by atoms with Gasteiger partial charge < -0.3 is 4.74 Å². The molecule has 1 nitrogen and oxygen atoms in total. The minimum Gasteiger partial charge on any atom is -0.497 e. The van der Waals surface area contributed by atoms with Gasteiger partial charge in [0.25, 0.3) is 0 Å². The molecule has 0 bridgehead atoms. The van der Waals surface area contributed by atoms with Gasteiger partial charge in [0.15, 0.2) is 0 Å². The lowest BCUT2D eigenvalue weighted by Crippen LogP contribution is -2.06. The number of fused-ring (bicyclic) bond motifs is 1. The van der Waals surface area contributed by atoms with Gasteiger partial charge in [-0.05, 0) is 10.8 Å². The van der Waals surface area contributed by atoms with E-state index in [0.717, 1.165) is 5.75 Å². The van der Waals surface area contributed by atoms with Crippen molar-refractivity contribution < 1.29 is 4.74 Å². The van der Waals surface area contributed by atoms with Gasteiger partial charge in [0.05, 0.1) is 7.11 Å². The maximum atomic E-state index is 5.36. The Hall–Kier alpha value is -1.44. The quantitative estimate of drug-likeness (QED) is 0.582. The lowest BCUT2D eigenvalue weighted by atomic mass is 9.92. The van der Waals surface area contributed by atoms with E-state index in [-0.39, 0.29) is 0 Å². The van der Waals surface area contributed by atoms with E-state index in [2.05, 4.69) is 32.1 Å². The van der Waals surface area contributed by atoms with Crippen LogP contribution in [-0.4, -0.2) is 15.0 Å². The zero-order valence-electron chi connectivity index (χ0n) is 7.87. The fourth-order valence-electron chi connectivity index (χ4n) is 1.62. The molecular weight excluding hydrogens is 159 g/mol. The van der Waals surface area contributed by atoms with E-state index >= 15 is 0 Å². The minimum absolute atomic E-state index is 0.984. The molecule has 0 amide bonds. The monoisotopic (exact) mass is 170 g/mol. The van der Waals surface area contributed by atoms with Crippen LogP contribution in [0, 0.1) is 0 Å². The van der Waals surface area contributed by atoms with Gasteiger partial charge in [-0.15, -0.1) is 0 Å². The van der Waals surface area contributed by atoms with Gasteiger partial charge in [-0.3, -0.25) is 0 Å². The Bertz CT molecular complexity index is 437. The highest BCUT2D eigenvalue weighted by molar-refractivity contribution is 6.35. The molecule has 0 aliphatic carbocycles. The van der Waals surface area contributed by atoms with Crippen molar-refractivity contribution in [3.05, 3.63) is 36.4 Å². The summed E-state index contributed by atoms with van der Waals surface area (Å²) in [5.41, 5.74) is 1.18. The number of ether oxygens (including phenoxy) is 1. The molecule has 2 heteroatoms. The Morgan fingerprint density at radius 3 is 2.62 bits per heavy atom. The van der Waals surface area contributed by atoms with Gasteiger partial charge in [0.2, 0.25) is 0 Å². The summed E-state index contributed by atoms with van der Waals surface area (Å²) in [5.74, 6) is 0.984. The van der Waals surface area contributed by atoms with Gasteiger partial charge in [-0.1, -0.05) is 36.4 Å². The Labute approximate surface area is 78.7 Å². The summed E-state index contributed by atoms with van der Waals surface area (Å²) in [5, 5.41) is 2.41. The molecule has 13 heavy (non-hydrogen) atoms. The third-order valence-corrected chi connectivity index (χ3v) is 2.28. The molecule has 0 radical (unpaired) electrons. The van der Waals surface area contributed by atoms with E-state index in [0.29, 0.717) is 0 Å². The van der Waals surface area contributed by atoms with E-state index in [4.69, 9.17) is 4.74 Å². The van der Waals surface area contributed by atoms with Crippen LogP contribution in [-0.2, 0) is 0 Å². The summed E-state index contributed by atoms with van der Waals surface area (Å²) in [4.78, 5) is 0. The van der Waals surface area contributed by atoms with E-state index < -0.39 is 0 Å².